The van der Waals surface area contributed by atoms with Crippen molar-refractivity contribution in [2.45, 2.75) is 20.1 Å². The lowest BCUT2D eigenvalue weighted by atomic mass is 10.3. The second kappa shape index (κ2) is 5.43. The van der Waals surface area contributed by atoms with Gasteiger partial charge in [0, 0.05) is 24.4 Å². The van der Waals surface area contributed by atoms with E-state index in [1.54, 1.807) is 13.2 Å². The third-order valence-corrected chi connectivity index (χ3v) is 2.84. The molecule has 0 spiro atoms. The number of aromatic nitrogens is 4. The fourth-order valence-electron chi connectivity index (χ4n) is 1.59. The van der Waals surface area contributed by atoms with Crippen molar-refractivity contribution in [2.24, 2.45) is 0 Å². The van der Waals surface area contributed by atoms with Gasteiger partial charge in [-0.3, -0.25) is 0 Å². The molecule has 0 aliphatic rings. The molecule has 96 valence electrons. The van der Waals surface area contributed by atoms with Crippen molar-refractivity contribution in [2.75, 3.05) is 7.11 Å². The molecule has 0 aliphatic carbocycles. The standard InChI is InChI=1S/C11H13ClN4O2/c1-7-3-10(14-6-13-7)16-11(12)8(4-17)9(15-16)5-18-2/h3,6,17H,4-5H2,1-2H3. The van der Waals surface area contributed by atoms with Crippen LogP contribution in [0.3, 0.4) is 0 Å². The van der Waals surface area contributed by atoms with Crippen LogP contribution in [-0.2, 0) is 18.0 Å². The number of rotatable bonds is 4. The lowest BCUT2D eigenvalue weighted by Crippen LogP contribution is -2.02. The first-order chi connectivity index (χ1) is 8.67. The summed E-state index contributed by atoms with van der Waals surface area (Å²) in [6, 6.07) is 1.76. The van der Waals surface area contributed by atoms with Gasteiger partial charge in [-0.15, -0.1) is 0 Å². The van der Waals surface area contributed by atoms with Crippen molar-refractivity contribution in [1.29, 1.82) is 0 Å². The van der Waals surface area contributed by atoms with Crippen molar-refractivity contribution >= 4 is 11.6 Å². The predicted octanol–water partition coefficient (Wildman–Crippen LogP) is 1.26. The second-order valence-electron chi connectivity index (χ2n) is 3.74. The number of aryl methyl sites for hydroxylation is 1. The van der Waals surface area contributed by atoms with Gasteiger partial charge in [0.2, 0.25) is 0 Å². The first kappa shape index (κ1) is 12.9. The Morgan fingerprint density at radius 1 is 1.44 bits per heavy atom. The van der Waals surface area contributed by atoms with E-state index < -0.39 is 0 Å². The summed E-state index contributed by atoms with van der Waals surface area (Å²) in [4.78, 5) is 8.11. The molecule has 0 bridgehead atoms. The molecule has 0 amide bonds. The van der Waals surface area contributed by atoms with Crippen LogP contribution in [0.15, 0.2) is 12.4 Å². The van der Waals surface area contributed by atoms with Gasteiger partial charge in [-0.25, -0.2) is 14.6 Å². The van der Waals surface area contributed by atoms with E-state index in [0.29, 0.717) is 22.2 Å². The van der Waals surface area contributed by atoms with Gasteiger partial charge in [0.25, 0.3) is 0 Å². The Bertz CT molecular complexity index is 556. The molecule has 6 nitrogen and oxygen atoms in total. The van der Waals surface area contributed by atoms with Gasteiger partial charge in [-0.05, 0) is 6.92 Å². The molecule has 0 atom stereocenters. The Kier molecular flexibility index (Phi) is 3.90. The zero-order chi connectivity index (χ0) is 13.1. The molecule has 2 aromatic rings. The highest BCUT2D eigenvalue weighted by Crippen LogP contribution is 2.23. The molecule has 0 unspecified atom stereocenters. The molecule has 1 N–H and O–H groups in total. The maximum Gasteiger partial charge on any atom is 0.158 e. The fourth-order valence-corrected chi connectivity index (χ4v) is 1.88. The number of nitrogens with zero attached hydrogens (tertiary/aromatic N) is 4. The van der Waals surface area contributed by atoms with Crippen molar-refractivity contribution in [3.63, 3.8) is 0 Å². The summed E-state index contributed by atoms with van der Waals surface area (Å²) in [5.74, 6) is 0.560. The number of hydrogen-bond acceptors (Lipinski definition) is 5. The Morgan fingerprint density at radius 3 is 2.83 bits per heavy atom. The first-order valence-corrected chi connectivity index (χ1v) is 5.70. The minimum absolute atomic E-state index is 0.193. The third-order valence-electron chi connectivity index (χ3n) is 2.45. The molecule has 2 heterocycles. The summed E-state index contributed by atoms with van der Waals surface area (Å²) in [5.41, 5.74) is 1.96. The van der Waals surface area contributed by atoms with Gasteiger partial charge < -0.3 is 9.84 Å². The highest BCUT2D eigenvalue weighted by molar-refractivity contribution is 6.30. The summed E-state index contributed by atoms with van der Waals surface area (Å²) in [6.45, 7) is 1.94. The van der Waals surface area contributed by atoms with E-state index in [4.69, 9.17) is 16.3 Å². The first-order valence-electron chi connectivity index (χ1n) is 5.32. The van der Waals surface area contributed by atoms with E-state index in [-0.39, 0.29) is 13.2 Å². The molecule has 7 heteroatoms. The van der Waals surface area contributed by atoms with Crippen LogP contribution in [-0.4, -0.2) is 32.0 Å². The molecule has 0 radical (unpaired) electrons. The zero-order valence-corrected chi connectivity index (χ0v) is 10.8. The van der Waals surface area contributed by atoms with E-state index in [1.807, 2.05) is 6.92 Å². The average molecular weight is 269 g/mol. The fraction of sp³-hybridized carbons (Fsp3) is 0.364. The Hall–Kier alpha value is -1.50. The molecular formula is C11H13ClN4O2. The quantitative estimate of drug-likeness (QED) is 0.904. The summed E-state index contributed by atoms with van der Waals surface area (Å²) in [6.07, 6.45) is 1.44. The Labute approximate surface area is 109 Å². The smallest absolute Gasteiger partial charge is 0.158 e. The summed E-state index contributed by atoms with van der Waals surface area (Å²) in [5, 5.41) is 13.9. The monoisotopic (exact) mass is 268 g/mol. The summed E-state index contributed by atoms with van der Waals surface area (Å²) in [7, 11) is 1.56. The summed E-state index contributed by atoms with van der Waals surface area (Å²) >= 11 is 6.18. The number of aliphatic hydroxyl groups excluding tert-OH is 1. The molecule has 18 heavy (non-hydrogen) atoms. The van der Waals surface area contributed by atoms with Gasteiger partial charge in [-0.1, -0.05) is 11.6 Å². The molecule has 0 saturated heterocycles. The number of halogens is 1. The van der Waals surface area contributed by atoms with Crippen molar-refractivity contribution in [1.82, 2.24) is 19.7 Å². The molecular weight excluding hydrogens is 256 g/mol. The molecule has 0 fully saturated rings. The van der Waals surface area contributed by atoms with Gasteiger partial charge in [0.1, 0.15) is 11.5 Å². The van der Waals surface area contributed by atoms with Gasteiger partial charge >= 0.3 is 0 Å². The predicted molar refractivity (Wildman–Crippen MR) is 65.5 cm³/mol. The van der Waals surface area contributed by atoms with Gasteiger partial charge in [-0.2, -0.15) is 5.10 Å². The second-order valence-corrected chi connectivity index (χ2v) is 4.09. The molecule has 2 aromatic heterocycles. The number of methoxy groups -OCH3 is 1. The SMILES string of the molecule is COCc1nn(-c2cc(C)ncn2)c(Cl)c1CO. The minimum Gasteiger partial charge on any atom is -0.391 e. The highest BCUT2D eigenvalue weighted by Gasteiger charge is 2.17. The van der Waals surface area contributed by atoms with Crippen molar-refractivity contribution < 1.29 is 9.84 Å². The molecule has 2 rings (SSSR count). The Balaban J connectivity index is 2.51. The van der Waals surface area contributed by atoms with Gasteiger partial charge in [0.15, 0.2) is 5.82 Å². The number of hydrogen-bond donors (Lipinski definition) is 1. The van der Waals surface area contributed by atoms with E-state index in [1.165, 1.54) is 11.0 Å². The number of aliphatic hydroxyl groups is 1. The van der Waals surface area contributed by atoms with Crippen LogP contribution in [0.2, 0.25) is 5.15 Å². The summed E-state index contributed by atoms with van der Waals surface area (Å²) < 4.78 is 6.49. The van der Waals surface area contributed by atoms with Crippen LogP contribution in [0.4, 0.5) is 0 Å². The third kappa shape index (κ3) is 2.35. The van der Waals surface area contributed by atoms with E-state index in [0.717, 1.165) is 5.69 Å². The molecule has 0 aromatic carbocycles. The van der Waals surface area contributed by atoms with Crippen LogP contribution < -0.4 is 0 Å². The molecule has 0 aliphatic heterocycles. The van der Waals surface area contributed by atoms with Crippen LogP contribution >= 0.6 is 11.6 Å². The van der Waals surface area contributed by atoms with Crippen LogP contribution in [0.25, 0.3) is 5.82 Å². The van der Waals surface area contributed by atoms with Crippen molar-refractivity contribution in [3.05, 3.63) is 34.5 Å². The topological polar surface area (TPSA) is 73.1 Å². The highest BCUT2D eigenvalue weighted by atomic mass is 35.5. The lowest BCUT2D eigenvalue weighted by Gasteiger charge is -2.02. The Morgan fingerprint density at radius 2 is 2.22 bits per heavy atom. The lowest BCUT2D eigenvalue weighted by molar-refractivity contribution is 0.178. The van der Waals surface area contributed by atoms with Crippen LogP contribution in [0, 0.1) is 6.92 Å². The maximum atomic E-state index is 9.31. The average Bonchev–Trinajstić information content (AvgIpc) is 2.66. The normalized spacial score (nSPS) is 10.9. The van der Waals surface area contributed by atoms with Crippen molar-refractivity contribution in [3.8, 4) is 5.82 Å². The zero-order valence-electron chi connectivity index (χ0n) is 10.1. The van der Waals surface area contributed by atoms with E-state index in [2.05, 4.69) is 15.1 Å². The minimum atomic E-state index is -0.193. The largest absolute Gasteiger partial charge is 0.391 e. The van der Waals surface area contributed by atoms with E-state index >= 15 is 0 Å². The van der Waals surface area contributed by atoms with E-state index in [9.17, 15) is 5.11 Å². The van der Waals surface area contributed by atoms with Crippen LogP contribution in [0.5, 0.6) is 0 Å². The maximum absolute atomic E-state index is 9.31. The molecule has 0 saturated carbocycles. The van der Waals surface area contributed by atoms with Gasteiger partial charge in [0.05, 0.1) is 18.9 Å². The number of ether oxygens (including phenoxy) is 1. The van der Waals surface area contributed by atoms with Crippen LogP contribution in [0.1, 0.15) is 17.0 Å².